The summed E-state index contributed by atoms with van der Waals surface area (Å²) in [5, 5.41) is 16.4. The van der Waals surface area contributed by atoms with Gasteiger partial charge in [-0.3, -0.25) is 14.9 Å². The van der Waals surface area contributed by atoms with Crippen LogP contribution in [0.2, 0.25) is 0 Å². The number of carbonyl (C=O) groups is 1. The summed E-state index contributed by atoms with van der Waals surface area (Å²) < 4.78 is 13.6. The van der Waals surface area contributed by atoms with E-state index in [2.05, 4.69) is 10.6 Å². The van der Waals surface area contributed by atoms with Crippen LogP contribution in [0.4, 0.5) is 15.8 Å². The van der Waals surface area contributed by atoms with Gasteiger partial charge in [-0.1, -0.05) is 0 Å². The van der Waals surface area contributed by atoms with Gasteiger partial charge in [0.15, 0.2) is 5.82 Å². The van der Waals surface area contributed by atoms with Gasteiger partial charge in [-0.2, -0.15) is 11.8 Å². The van der Waals surface area contributed by atoms with Crippen LogP contribution in [-0.4, -0.2) is 35.4 Å². The number of halogens is 1. The lowest BCUT2D eigenvalue weighted by Crippen LogP contribution is -2.38. The Kier molecular flexibility index (Phi) is 5.00. The first kappa shape index (κ1) is 15.6. The van der Waals surface area contributed by atoms with E-state index in [0.29, 0.717) is 0 Å². The third-order valence-corrected chi connectivity index (χ3v) is 4.51. The van der Waals surface area contributed by atoms with Crippen molar-refractivity contribution in [2.45, 2.75) is 18.9 Å². The summed E-state index contributed by atoms with van der Waals surface area (Å²) in [6, 6.07) is 1.95. The van der Waals surface area contributed by atoms with Gasteiger partial charge in [0.05, 0.1) is 16.7 Å². The maximum Gasteiger partial charge on any atom is 0.285 e. The molecule has 114 valence electrons. The number of nitrogens with one attached hydrogen (secondary N) is 2. The zero-order valence-electron chi connectivity index (χ0n) is 11.5. The zero-order valence-corrected chi connectivity index (χ0v) is 12.3. The maximum absolute atomic E-state index is 13.6. The lowest BCUT2D eigenvalue weighted by atomic mass is 10.1. The number of thioether (sulfide) groups is 1. The molecule has 8 heteroatoms. The van der Waals surface area contributed by atoms with Crippen molar-refractivity contribution in [2.75, 3.05) is 23.9 Å². The van der Waals surface area contributed by atoms with E-state index in [-0.39, 0.29) is 17.3 Å². The summed E-state index contributed by atoms with van der Waals surface area (Å²) in [4.78, 5) is 22.5. The summed E-state index contributed by atoms with van der Waals surface area (Å²) >= 11 is 1.74. The Hall–Kier alpha value is -1.83. The van der Waals surface area contributed by atoms with E-state index in [0.717, 1.165) is 30.4 Å². The molecule has 1 saturated heterocycles. The number of hydrogen-bond donors (Lipinski definition) is 2. The molecule has 1 aliphatic heterocycles. The van der Waals surface area contributed by atoms with E-state index < -0.39 is 22.3 Å². The summed E-state index contributed by atoms with van der Waals surface area (Å²) in [5.41, 5.74) is -0.586. The molecule has 6 nitrogen and oxygen atoms in total. The minimum absolute atomic E-state index is 0.000979. The Labute approximate surface area is 125 Å². The molecular formula is C13H16FN3O3S. The van der Waals surface area contributed by atoms with Crippen LogP contribution in [0.15, 0.2) is 12.1 Å². The maximum atomic E-state index is 13.6. The Bertz CT molecular complexity index is 562. The van der Waals surface area contributed by atoms with Crippen molar-refractivity contribution in [3.05, 3.63) is 33.6 Å². The molecule has 1 atom stereocenters. The van der Waals surface area contributed by atoms with Gasteiger partial charge < -0.3 is 10.6 Å². The molecule has 0 radical (unpaired) electrons. The van der Waals surface area contributed by atoms with Crippen LogP contribution in [0, 0.1) is 15.9 Å². The first-order valence-corrected chi connectivity index (χ1v) is 7.72. The molecule has 0 aliphatic carbocycles. The van der Waals surface area contributed by atoms with Crippen LogP contribution >= 0.6 is 11.8 Å². The predicted octanol–water partition coefficient (Wildman–Crippen LogP) is 2.40. The van der Waals surface area contributed by atoms with E-state index in [1.165, 1.54) is 13.1 Å². The standard InChI is InChI=1S/C13H16FN3O3S/c1-15-11-5-9(12(17(19)20)6-10(11)14)13(18)16-8-3-2-4-21-7-8/h5-6,8,15H,2-4,7H2,1H3,(H,16,18). The quantitative estimate of drug-likeness (QED) is 0.658. The third-order valence-electron chi connectivity index (χ3n) is 3.29. The number of amides is 1. The van der Waals surface area contributed by atoms with Gasteiger partial charge in [-0.05, 0) is 24.7 Å². The Morgan fingerprint density at radius 3 is 2.86 bits per heavy atom. The highest BCUT2D eigenvalue weighted by Gasteiger charge is 2.25. The Morgan fingerprint density at radius 1 is 1.52 bits per heavy atom. The summed E-state index contributed by atoms with van der Waals surface area (Å²) in [6.45, 7) is 0. The molecule has 0 spiro atoms. The monoisotopic (exact) mass is 313 g/mol. The molecular weight excluding hydrogens is 297 g/mol. The predicted molar refractivity (Wildman–Crippen MR) is 80.4 cm³/mol. The molecule has 1 aromatic carbocycles. The van der Waals surface area contributed by atoms with Crippen LogP contribution in [0.5, 0.6) is 0 Å². The van der Waals surface area contributed by atoms with Gasteiger partial charge in [0.25, 0.3) is 11.6 Å². The van der Waals surface area contributed by atoms with Crippen molar-refractivity contribution >= 4 is 29.0 Å². The van der Waals surface area contributed by atoms with Crippen molar-refractivity contribution in [3.63, 3.8) is 0 Å². The third kappa shape index (κ3) is 3.63. The topological polar surface area (TPSA) is 84.3 Å². The Morgan fingerprint density at radius 2 is 2.29 bits per heavy atom. The fraction of sp³-hybridized carbons (Fsp3) is 0.462. The largest absolute Gasteiger partial charge is 0.386 e. The first-order chi connectivity index (χ1) is 10.0. The number of nitrogens with zero attached hydrogens (tertiary/aromatic N) is 1. The molecule has 1 amide bonds. The smallest absolute Gasteiger partial charge is 0.285 e. The lowest BCUT2D eigenvalue weighted by molar-refractivity contribution is -0.385. The number of nitro groups is 1. The van der Waals surface area contributed by atoms with Gasteiger partial charge in [-0.25, -0.2) is 4.39 Å². The molecule has 0 bridgehead atoms. The number of hydrogen-bond acceptors (Lipinski definition) is 5. The number of carbonyl (C=O) groups excluding carboxylic acids is 1. The van der Waals surface area contributed by atoms with E-state index in [1.807, 2.05) is 0 Å². The molecule has 1 aromatic rings. The summed E-state index contributed by atoms with van der Waals surface area (Å²) in [6.07, 6.45) is 1.86. The molecule has 1 aliphatic rings. The lowest BCUT2D eigenvalue weighted by Gasteiger charge is -2.22. The summed E-state index contributed by atoms with van der Waals surface area (Å²) in [5.74, 6) is 0.562. The van der Waals surface area contributed by atoms with Gasteiger partial charge in [0.2, 0.25) is 0 Å². The van der Waals surface area contributed by atoms with Crippen molar-refractivity contribution in [2.24, 2.45) is 0 Å². The van der Waals surface area contributed by atoms with Crippen molar-refractivity contribution in [1.82, 2.24) is 5.32 Å². The van der Waals surface area contributed by atoms with Crippen molar-refractivity contribution < 1.29 is 14.1 Å². The van der Waals surface area contributed by atoms with Crippen molar-refractivity contribution in [3.8, 4) is 0 Å². The van der Waals surface area contributed by atoms with E-state index in [9.17, 15) is 19.3 Å². The zero-order chi connectivity index (χ0) is 15.4. The van der Waals surface area contributed by atoms with Crippen molar-refractivity contribution in [1.29, 1.82) is 0 Å². The minimum Gasteiger partial charge on any atom is -0.386 e. The highest BCUT2D eigenvalue weighted by molar-refractivity contribution is 7.99. The second kappa shape index (κ2) is 6.75. The molecule has 21 heavy (non-hydrogen) atoms. The molecule has 2 N–H and O–H groups in total. The highest BCUT2D eigenvalue weighted by atomic mass is 32.2. The number of anilines is 1. The molecule has 2 rings (SSSR count). The van der Waals surface area contributed by atoms with Crippen LogP contribution in [0.3, 0.4) is 0 Å². The summed E-state index contributed by atoms with van der Waals surface area (Å²) in [7, 11) is 1.49. The van der Waals surface area contributed by atoms with Gasteiger partial charge in [0.1, 0.15) is 5.56 Å². The fourth-order valence-corrected chi connectivity index (χ4v) is 3.28. The van der Waals surface area contributed by atoms with Gasteiger partial charge in [0, 0.05) is 18.8 Å². The average Bonchev–Trinajstić information content (AvgIpc) is 2.47. The second-order valence-corrected chi connectivity index (χ2v) is 5.89. The van der Waals surface area contributed by atoms with Gasteiger partial charge in [-0.15, -0.1) is 0 Å². The van der Waals surface area contributed by atoms with Crippen LogP contribution < -0.4 is 10.6 Å². The van der Waals surface area contributed by atoms with Crippen LogP contribution in [0.1, 0.15) is 23.2 Å². The Balaban J connectivity index is 2.27. The fourth-order valence-electron chi connectivity index (χ4n) is 2.20. The van der Waals surface area contributed by atoms with Crippen LogP contribution in [-0.2, 0) is 0 Å². The number of nitro benzene ring substituents is 1. The molecule has 1 fully saturated rings. The van der Waals surface area contributed by atoms with E-state index in [1.54, 1.807) is 11.8 Å². The molecule has 1 heterocycles. The van der Waals surface area contributed by atoms with E-state index in [4.69, 9.17) is 0 Å². The highest BCUT2D eigenvalue weighted by Crippen LogP contribution is 2.26. The first-order valence-electron chi connectivity index (χ1n) is 6.57. The molecule has 0 aromatic heterocycles. The number of benzene rings is 1. The SMILES string of the molecule is CNc1cc(C(=O)NC2CCCSC2)c([N+](=O)[O-])cc1F. The average molecular weight is 313 g/mol. The minimum atomic E-state index is -0.756. The molecule has 1 unspecified atom stereocenters. The molecule has 0 saturated carbocycles. The second-order valence-electron chi connectivity index (χ2n) is 4.74. The number of rotatable bonds is 4. The van der Waals surface area contributed by atoms with Crippen LogP contribution in [0.25, 0.3) is 0 Å². The normalized spacial score (nSPS) is 18.1. The van der Waals surface area contributed by atoms with E-state index >= 15 is 0 Å². The van der Waals surface area contributed by atoms with Gasteiger partial charge >= 0.3 is 0 Å².